The van der Waals surface area contributed by atoms with Crippen LogP contribution in [0.2, 0.25) is 0 Å². The van der Waals surface area contributed by atoms with Crippen molar-refractivity contribution in [3.8, 4) is 0 Å². The highest BCUT2D eigenvalue weighted by atomic mass is 16.3. The summed E-state index contributed by atoms with van der Waals surface area (Å²) in [5, 5.41) is 3.90. The normalized spacial score (nSPS) is 16.0. The fourth-order valence-corrected chi connectivity index (χ4v) is 1.12. The molecule has 6 heteroatoms. The van der Waals surface area contributed by atoms with Crippen LogP contribution in [-0.4, -0.2) is 17.8 Å². The molecule has 0 aromatic carbocycles. The molecular weight excluding hydrogens is 200 g/mol. The van der Waals surface area contributed by atoms with Gasteiger partial charge in [-0.1, -0.05) is 0 Å². The third-order valence-electron chi connectivity index (χ3n) is 1.77. The third-order valence-corrected chi connectivity index (χ3v) is 1.77. The lowest BCUT2D eigenvalue weighted by atomic mass is 10.1. The van der Waals surface area contributed by atoms with Gasteiger partial charge in [-0.3, -0.25) is 20.2 Å². The van der Waals surface area contributed by atoms with Gasteiger partial charge in [-0.05, 0) is 18.2 Å². The quantitative estimate of drug-likeness (QED) is 0.501. The molecule has 1 fully saturated rings. The molecule has 1 aromatic rings. The molecule has 1 aromatic heterocycles. The minimum Gasteiger partial charge on any atom is -0.465 e. The summed E-state index contributed by atoms with van der Waals surface area (Å²) in [5.41, 5.74) is -0.162. The first-order valence-electron chi connectivity index (χ1n) is 4.08. The largest absolute Gasteiger partial charge is 0.465 e. The number of furan rings is 1. The summed E-state index contributed by atoms with van der Waals surface area (Å²) >= 11 is 0. The lowest BCUT2D eigenvalue weighted by Gasteiger charge is -2.13. The first-order chi connectivity index (χ1) is 7.16. The van der Waals surface area contributed by atoms with E-state index in [9.17, 15) is 14.4 Å². The molecule has 1 aliphatic heterocycles. The standard InChI is InChI=1S/C9H6N2O4/c12-7-6(4-5-2-1-3-15-5)8(13)11-9(14)10-7/h1-4H,(H2,10,11,12,13,14). The number of hydrogen-bond donors (Lipinski definition) is 2. The minimum absolute atomic E-state index is 0.162. The number of carbonyl (C=O) groups is 3. The third kappa shape index (κ3) is 1.78. The first kappa shape index (κ1) is 9.20. The lowest BCUT2D eigenvalue weighted by molar-refractivity contribution is -0.123. The van der Waals surface area contributed by atoms with E-state index in [0.717, 1.165) is 0 Å². The van der Waals surface area contributed by atoms with Crippen molar-refractivity contribution >= 4 is 23.9 Å². The fourth-order valence-electron chi connectivity index (χ4n) is 1.12. The molecule has 2 rings (SSSR count). The molecule has 0 saturated carbocycles. The number of amides is 4. The smallest absolute Gasteiger partial charge is 0.328 e. The summed E-state index contributed by atoms with van der Waals surface area (Å²) in [7, 11) is 0. The van der Waals surface area contributed by atoms with Crippen molar-refractivity contribution < 1.29 is 18.8 Å². The van der Waals surface area contributed by atoms with Gasteiger partial charge in [0, 0.05) is 0 Å². The molecule has 2 N–H and O–H groups in total. The topological polar surface area (TPSA) is 88.4 Å². The molecule has 76 valence electrons. The van der Waals surface area contributed by atoms with Crippen LogP contribution in [0.25, 0.3) is 6.08 Å². The molecule has 1 aliphatic rings. The molecule has 0 atom stereocenters. The minimum atomic E-state index is -0.818. The van der Waals surface area contributed by atoms with E-state index in [1.54, 1.807) is 12.1 Å². The summed E-state index contributed by atoms with van der Waals surface area (Å²) in [6, 6.07) is 2.39. The molecule has 15 heavy (non-hydrogen) atoms. The second-order valence-electron chi connectivity index (χ2n) is 2.81. The van der Waals surface area contributed by atoms with Crippen molar-refractivity contribution in [2.45, 2.75) is 0 Å². The van der Waals surface area contributed by atoms with Crippen LogP contribution in [0.1, 0.15) is 5.76 Å². The predicted octanol–water partition coefficient (Wildman–Crippen LogP) is 0.0290. The Morgan fingerprint density at radius 1 is 1.13 bits per heavy atom. The van der Waals surface area contributed by atoms with E-state index in [4.69, 9.17) is 4.42 Å². The van der Waals surface area contributed by atoms with E-state index in [0.29, 0.717) is 5.76 Å². The van der Waals surface area contributed by atoms with E-state index >= 15 is 0 Å². The lowest BCUT2D eigenvalue weighted by Crippen LogP contribution is -2.51. The summed E-state index contributed by atoms with van der Waals surface area (Å²) in [5.74, 6) is -1.11. The summed E-state index contributed by atoms with van der Waals surface area (Å²) in [6.45, 7) is 0. The second kappa shape index (κ2) is 3.41. The highest BCUT2D eigenvalue weighted by Crippen LogP contribution is 2.09. The summed E-state index contributed by atoms with van der Waals surface area (Å²) < 4.78 is 4.94. The number of urea groups is 1. The Kier molecular flexibility index (Phi) is 2.09. The van der Waals surface area contributed by atoms with Gasteiger partial charge >= 0.3 is 6.03 Å². The van der Waals surface area contributed by atoms with Crippen molar-refractivity contribution in [3.05, 3.63) is 29.7 Å². The van der Waals surface area contributed by atoms with Crippen molar-refractivity contribution in [3.63, 3.8) is 0 Å². The van der Waals surface area contributed by atoms with Gasteiger partial charge in [-0.15, -0.1) is 0 Å². The van der Waals surface area contributed by atoms with Gasteiger partial charge in [0.2, 0.25) is 0 Å². The zero-order valence-electron chi connectivity index (χ0n) is 7.44. The van der Waals surface area contributed by atoms with Gasteiger partial charge in [0.05, 0.1) is 6.26 Å². The Morgan fingerprint density at radius 2 is 1.80 bits per heavy atom. The number of barbiturate groups is 1. The van der Waals surface area contributed by atoms with Crippen LogP contribution >= 0.6 is 0 Å². The Balaban J connectivity index is 2.32. The molecule has 0 unspecified atom stereocenters. The molecular formula is C9H6N2O4. The highest BCUT2D eigenvalue weighted by Gasteiger charge is 2.27. The van der Waals surface area contributed by atoms with E-state index < -0.39 is 17.8 Å². The van der Waals surface area contributed by atoms with Gasteiger partial charge in [-0.2, -0.15) is 0 Å². The highest BCUT2D eigenvalue weighted by molar-refractivity contribution is 6.30. The van der Waals surface area contributed by atoms with Gasteiger partial charge in [0.1, 0.15) is 11.3 Å². The Hall–Kier alpha value is -2.37. The Bertz CT molecular complexity index is 436. The maximum atomic E-state index is 11.2. The zero-order chi connectivity index (χ0) is 10.8. The van der Waals surface area contributed by atoms with E-state index in [1.165, 1.54) is 12.3 Å². The van der Waals surface area contributed by atoms with Crippen molar-refractivity contribution in [2.75, 3.05) is 0 Å². The first-order valence-corrected chi connectivity index (χ1v) is 4.08. The number of nitrogens with one attached hydrogen (secondary N) is 2. The predicted molar refractivity (Wildman–Crippen MR) is 48.4 cm³/mol. The van der Waals surface area contributed by atoms with Crippen LogP contribution in [0, 0.1) is 0 Å². The van der Waals surface area contributed by atoms with Crippen LogP contribution in [-0.2, 0) is 9.59 Å². The molecule has 0 bridgehead atoms. The van der Waals surface area contributed by atoms with Gasteiger partial charge in [0.15, 0.2) is 0 Å². The van der Waals surface area contributed by atoms with Crippen LogP contribution in [0.15, 0.2) is 28.4 Å². The average Bonchev–Trinajstić information content (AvgIpc) is 2.63. The number of hydrogen-bond acceptors (Lipinski definition) is 4. The number of imide groups is 2. The number of rotatable bonds is 1. The molecule has 0 radical (unpaired) electrons. The van der Waals surface area contributed by atoms with Crippen LogP contribution < -0.4 is 10.6 Å². The Morgan fingerprint density at radius 3 is 2.33 bits per heavy atom. The second-order valence-corrected chi connectivity index (χ2v) is 2.81. The van der Waals surface area contributed by atoms with Crippen molar-refractivity contribution in [2.24, 2.45) is 0 Å². The van der Waals surface area contributed by atoms with E-state index in [1.807, 2.05) is 10.6 Å². The van der Waals surface area contributed by atoms with Gasteiger partial charge in [0.25, 0.3) is 11.8 Å². The van der Waals surface area contributed by atoms with Crippen molar-refractivity contribution in [1.82, 2.24) is 10.6 Å². The molecule has 1 saturated heterocycles. The number of carbonyl (C=O) groups excluding carboxylic acids is 3. The molecule has 0 spiro atoms. The zero-order valence-corrected chi connectivity index (χ0v) is 7.44. The van der Waals surface area contributed by atoms with E-state index in [2.05, 4.69) is 0 Å². The molecule has 2 heterocycles. The van der Waals surface area contributed by atoms with Gasteiger partial charge in [-0.25, -0.2) is 4.79 Å². The fraction of sp³-hybridized carbons (Fsp3) is 0. The summed E-state index contributed by atoms with van der Waals surface area (Å²) in [6.07, 6.45) is 2.67. The van der Waals surface area contributed by atoms with Crippen LogP contribution in [0.4, 0.5) is 4.79 Å². The van der Waals surface area contributed by atoms with Crippen LogP contribution in [0.5, 0.6) is 0 Å². The molecule has 4 amide bonds. The Labute approximate surface area is 83.9 Å². The summed E-state index contributed by atoms with van der Waals surface area (Å²) in [4.78, 5) is 33.2. The van der Waals surface area contributed by atoms with E-state index in [-0.39, 0.29) is 5.57 Å². The van der Waals surface area contributed by atoms with Crippen LogP contribution in [0.3, 0.4) is 0 Å². The maximum Gasteiger partial charge on any atom is 0.328 e. The monoisotopic (exact) mass is 206 g/mol. The molecule has 0 aliphatic carbocycles. The molecule has 6 nitrogen and oxygen atoms in total. The average molecular weight is 206 g/mol. The van der Waals surface area contributed by atoms with Crippen molar-refractivity contribution in [1.29, 1.82) is 0 Å². The maximum absolute atomic E-state index is 11.2. The SMILES string of the molecule is O=C1NC(=O)C(=Cc2ccco2)C(=O)N1. The van der Waals surface area contributed by atoms with Gasteiger partial charge < -0.3 is 4.42 Å².